The second-order valence-corrected chi connectivity index (χ2v) is 7.26. The number of pyridine rings is 1. The molecule has 1 aliphatic heterocycles. The van der Waals surface area contributed by atoms with Gasteiger partial charge in [-0.05, 0) is 36.8 Å². The number of benzene rings is 2. The Labute approximate surface area is 178 Å². The van der Waals surface area contributed by atoms with Gasteiger partial charge in [-0.3, -0.25) is 14.5 Å². The van der Waals surface area contributed by atoms with Crippen molar-refractivity contribution in [1.29, 1.82) is 0 Å². The number of aromatic nitrogens is 1. The lowest BCUT2D eigenvalue weighted by Crippen LogP contribution is -2.45. The van der Waals surface area contributed by atoms with E-state index in [1.165, 1.54) is 4.90 Å². The number of nitrogens with two attached hydrogens (primary N) is 1. The minimum absolute atomic E-state index is 0.213. The summed E-state index contributed by atoms with van der Waals surface area (Å²) in [5.41, 5.74) is 7.81. The molecule has 0 saturated carbocycles. The molecule has 0 bridgehead atoms. The molecule has 3 N–H and O–H groups in total. The highest BCUT2D eigenvalue weighted by Gasteiger charge is 2.37. The number of halogens is 1. The third-order valence-corrected chi connectivity index (χ3v) is 5.21. The lowest BCUT2D eigenvalue weighted by Gasteiger charge is -2.33. The van der Waals surface area contributed by atoms with Crippen LogP contribution in [0.2, 0.25) is 5.02 Å². The average Bonchev–Trinajstić information content (AvgIpc) is 2.74. The second-order valence-electron chi connectivity index (χ2n) is 6.85. The molecule has 30 heavy (non-hydrogen) atoms. The summed E-state index contributed by atoms with van der Waals surface area (Å²) in [6.07, 6.45) is -0.884. The molecular formula is C22H19ClN4O3. The van der Waals surface area contributed by atoms with E-state index >= 15 is 0 Å². The Balaban J connectivity index is 1.64. The highest BCUT2D eigenvalue weighted by Crippen LogP contribution is 2.38. The van der Waals surface area contributed by atoms with E-state index in [1.54, 1.807) is 49.4 Å². The molecule has 1 aromatic heterocycles. The van der Waals surface area contributed by atoms with Crippen molar-refractivity contribution in [3.63, 3.8) is 0 Å². The highest BCUT2D eigenvalue weighted by molar-refractivity contribution is 6.31. The number of ether oxygens (including phenoxy) is 1. The standard InChI is InChI=1S/C22H19ClN4O3/c1-13-15(23)8-5-9-16(13)25-19(28)12-27-21-17(10-11-18(24)26-21)30-20(22(27)29)14-6-3-2-4-7-14/h2-11,20H,12H2,1H3,(H2,24,26)(H,25,28). The largest absolute Gasteiger partial charge is 0.472 e. The van der Waals surface area contributed by atoms with Crippen molar-refractivity contribution in [3.8, 4) is 5.75 Å². The summed E-state index contributed by atoms with van der Waals surface area (Å²) in [7, 11) is 0. The molecule has 0 aliphatic carbocycles. The van der Waals surface area contributed by atoms with E-state index in [4.69, 9.17) is 22.1 Å². The number of rotatable bonds is 4. The maximum Gasteiger partial charge on any atom is 0.274 e. The summed E-state index contributed by atoms with van der Waals surface area (Å²) < 4.78 is 5.89. The minimum atomic E-state index is -0.884. The predicted octanol–water partition coefficient (Wildman–Crippen LogP) is 3.73. The number of amides is 2. The summed E-state index contributed by atoms with van der Waals surface area (Å²) in [6, 6.07) is 17.6. The summed E-state index contributed by atoms with van der Waals surface area (Å²) in [5.74, 6) is 0.0244. The summed E-state index contributed by atoms with van der Waals surface area (Å²) in [5, 5.41) is 3.34. The molecular weight excluding hydrogens is 404 g/mol. The van der Waals surface area contributed by atoms with Crippen molar-refractivity contribution in [2.75, 3.05) is 22.5 Å². The number of nitrogens with one attached hydrogen (secondary N) is 1. The first kappa shape index (κ1) is 19.7. The van der Waals surface area contributed by atoms with Crippen LogP contribution in [0.25, 0.3) is 0 Å². The van der Waals surface area contributed by atoms with E-state index < -0.39 is 17.9 Å². The van der Waals surface area contributed by atoms with Crippen LogP contribution in [0.1, 0.15) is 17.2 Å². The van der Waals surface area contributed by atoms with Crippen molar-refractivity contribution in [2.45, 2.75) is 13.0 Å². The zero-order valence-electron chi connectivity index (χ0n) is 16.1. The molecule has 1 unspecified atom stereocenters. The van der Waals surface area contributed by atoms with Gasteiger partial charge in [0, 0.05) is 16.3 Å². The molecule has 8 heteroatoms. The van der Waals surface area contributed by atoms with Gasteiger partial charge >= 0.3 is 0 Å². The Morgan fingerprint density at radius 2 is 1.93 bits per heavy atom. The van der Waals surface area contributed by atoms with E-state index in [9.17, 15) is 9.59 Å². The Morgan fingerprint density at radius 1 is 1.17 bits per heavy atom. The van der Waals surface area contributed by atoms with Gasteiger partial charge in [0.15, 0.2) is 11.6 Å². The monoisotopic (exact) mass is 422 g/mol. The van der Waals surface area contributed by atoms with Gasteiger partial charge in [-0.1, -0.05) is 48.0 Å². The number of hydrogen-bond donors (Lipinski definition) is 2. The van der Waals surface area contributed by atoms with Crippen LogP contribution in [0.3, 0.4) is 0 Å². The fourth-order valence-corrected chi connectivity index (χ4v) is 3.40. The van der Waals surface area contributed by atoms with Gasteiger partial charge in [0.25, 0.3) is 5.91 Å². The minimum Gasteiger partial charge on any atom is -0.472 e. The van der Waals surface area contributed by atoms with Gasteiger partial charge in [0.05, 0.1) is 0 Å². The molecule has 1 atom stereocenters. The lowest BCUT2D eigenvalue weighted by molar-refractivity contribution is -0.128. The number of carbonyl (C=O) groups is 2. The van der Waals surface area contributed by atoms with E-state index in [0.29, 0.717) is 22.0 Å². The van der Waals surface area contributed by atoms with Crippen LogP contribution in [0.4, 0.5) is 17.3 Å². The first-order chi connectivity index (χ1) is 14.4. The molecule has 0 fully saturated rings. The molecule has 3 aromatic rings. The fourth-order valence-electron chi connectivity index (χ4n) is 3.23. The Kier molecular flexibility index (Phi) is 5.29. The molecule has 152 valence electrons. The number of carbonyl (C=O) groups excluding carboxylic acids is 2. The quantitative estimate of drug-likeness (QED) is 0.667. The van der Waals surface area contributed by atoms with Crippen molar-refractivity contribution in [3.05, 3.63) is 76.8 Å². The van der Waals surface area contributed by atoms with Crippen LogP contribution in [-0.4, -0.2) is 23.3 Å². The van der Waals surface area contributed by atoms with Gasteiger partial charge in [0.1, 0.15) is 12.4 Å². The third-order valence-electron chi connectivity index (χ3n) is 4.80. The van der Waals surface area contributed by atoms with Crippen molar-refractivity contribution < 1.29 is 14.3 Å². The molecule has 7 nitrogen and oxygen atoms in total. The molecule has 0 saturated heterocycles. The third kappa shape index (κ3) is 3.79. The number of nitrogens with zero attached hydrogens (tertiary/aromatic N) is 2. The molecule has 0 radical (unpaired) electrons. The molecule has 1 aliphatic rings. The normalized spacial score (nSPS) is 15.3. The van der Waals surface area contributed by atoms with Crippen LogP contribution in [0.5, 0.6) is 5.75 Å². The predicted molar refractivity (Wildman–Crippen MR) is 116 cm³/mol. The van der Waals surface area contributed by atoms with Gasteiger partial charge in [0.2, 0.25) is 12.0 Å². The summed E-state index contributed by atoms with van der Waals surface area (Å²) >= 11 is 6.13. The van der Waals surface area contributed by atoms with Crippen molar-refractivity contribution in [2.24, 2.45) is 0 Å². The zero-order chi connectivity index (χ0) is 21.3. The molecule has 2 amide bonds. The van der Waals surface area contributed by atoms with Crippen molar-refractivity contribution in [1.82, 2.24) is 4.98 Å². The maximum atomic E-state index is 13.2. The second kappa shape index (κ2) is 8.04. The maximum absolute atomic E-state index is 13.2. The number of hydrogen-bond acceptors (Lipinski definition) is 5. The van der Waals surface area contributed by atoms with Crippen LogP contribution in [0, 0.1) is 6.92 Å². The van der Waals surface area contributed by atoms with Gasteiger partial charge in [-0.25, -0.2) is 4.98 Å². The lowest BCUT2D eigenvalue weighted by atomic mass is 10.1. The number of anilines is 3. The average molecular weight is 423 g/mol. The first-order valence-electron chi connectivity index (χ1n) is 9.28. The van der Waals surface area contributed by atoms with E-state index in [1.807, 2.05) is 18.2 Å². The topological polar surface area (TPSA) is 97.5 Å². The van der Waals surface area contributed by atoms with Crippen molar-refractivity contribution >= 4 is 40.7 Å². The number of nitrogen functional groups attached to an aromatic ring is 1. The molecule has 2 aromatic carbocycles. The highest BCUT2D eigenvalue weighted by atomic mass is 35.5. The van der Waals surface area contributed by atoms with E-state index in [0.717, 1.165) is 5.56 Å². The fraction of sp³-hybridized carbons (Fsp3) is 0.136. The smallest absolute Gasteiger partial charge is 0.274 e. The van der Waals surface area contributed by atoms with Gasteiger partial charge in [-0.15, -0.1) is 0 Å². The van der Waals surface area contributed by atoms with Crippen LogP contribution in [-0.2, 0) is 9.59 Å². The summed E-state index contributed by atoms with van der Waals surface area (Å²) in [4.78, 5) is 31.5. The van der Waals surface area contributed by atoms with Crippen LogP contribution in [0.15, 0.2) is 60.7 Å². The van der Waals surface area contributed by atoms with E-state index in [2.05, 4.69) is 10.3 Å². The van der Waals surface area contributed by atoms with Gasteiger partial charge < -0.3 is 15.8 Å². The molecule has 0 spiro atoms. The Hall–Kier alpha value is -3.58. The Bertz CT molecular complexity index is 1120. The van der Waals surface area contributed by atoms with Gasteiger partial charge in [-0.2, -0.15) is 0 Å². The SMILES string of the molecule is Cc1c(Cl)cccc1NC(=O)CN1C(=O)C(c2ccccc2)Oc2ccc(N)nc21. The van der Waals surface area contributed by atoms with E-state index in [-0.39, 0.29) is 18.2 Å². The first-order valence-corrected chi connectivity index (χ1v) is 9.66. The Morgan fingerprint density at radius 3 is 2.70 bits per heavy atom. The van der Waals surface area contributed by atoms with Crippen LogP contribution < -0.4 is 20.7 Å². The molecule has 4 rings (SSSR count). The summed E-state index contributed by atoms with van der Waals surface area (Å²) in [6.45, 7) is 1.56. The number of fused-ring (bicyclic) bond motifs is 1. The molecule has 2 heterocycles. The van der Waals surface area contributed by atoms with Crippen LogP contribution >= 0.6 is 11.6 Å². The zero-order valence-corrected chi connectivity index (χ0v) is 16.9.